The number of carbonyl (C=O) groups excluding carboxylic acids is 1. The number of nitrogens with one attached hydrogen (secondary N) is 1. The summed E-state index contributed by atoms with van der Waals surface area (Å²) in [7, 11) is 1.91. The molecule has 2 N–H and O–H groups in total. The van der Waals surface area contributed by atoms with E-state index in [1.54, 1.807) is 6.92 Å². The summed E-state index contributed by atoms with van der Waals surface area (Å²) in [5.41, 5.74) is 1.49. The fourth-order valence-corrected chi connectivity index (χ4v) is 2.28. The number of allylic oxidation sites excluding steroid dienone is 1. The molecule has 1 atom stereocenters. The Kier molecular flexibility index (Phi) is 7.75. The normalized spacial score (nSPS) is 17.2. The molecule has 4 nitrogen and oxygen atoms in total. The van der Waals surface area contributed by atoms with E-state index in [0.717, 1.165) is 19.5 Å². The number of likely N-dealkylation sites (N-methyl/N-ethyl adjacent to an activating group) is 1. The maximum Gasteiger partial charge on any atom is 0.234 e. The Hall–Kier alpha value is -0.870. The molecule has 1 aliphatic rings. The van der Waals surface area contributed by atoms with Gasteiger partial charge in [-0.15, -0.1) is 0 Å². The zero-order valence-electron chi connectivity index (χ0n) is 12.3. The molecule has 0 bridgehead atoms. The van der Waals surface area contributed by atoms with Crippen molar-refractivity contribution in [2.45, 2.75) is 51.6 Å². The molecule has 110 valence electrons. The van der Waals surface area contributed by atoms with Crippen LogP contribution in [0.5, 0.6) is 0 Å². The van der Waals surface area contributed by atoms with Crippen LogP contribution in [0.4, 0.5) is 0 Å². The summed E-state index contributed by atoms with van der Waals surface area (Å²) in [6.07, 6.45) is 8.72. The van der Waals surface area contributed by atoms with E-state index in [9.17, 15) is 9.90 Å². The highest BCUT2D eigenvalue weighted by Gasteiger charge is 2.08. The summed E-state index contributed by atoms with van der Waals surface area (Å²) in [5.74, 6) is 0.0736. The Morgan fingerprint density at radius 1 is 1.53 bits per heavy atom. The molecule has 1 aliphatic carbocycles. The molecule has 0 aromatic carbocycles. The zero-order valence-corrected chi connectivity index (χ0v) is 12.3. The molecule has 0 aliphatic heterocycles. The first-order chi connectivity index (χ1) is 9.08. The van der Waals surface area contributed by atoms with Gasteiger partial charge in [-0.1, -0.05) is 11.6 Å². The monoisotopic (exact) mass is 268 g/mol. The number of hydrogen-bond acceptors (Lipinski definition) is 3. The Morgan fingerprint density at radius 2 is 2.32 bits per heavy atom. The van der Waals surface area contributed by atoms with Gasteiger partial charge in [-0.05, 0) is 52.5 Å². The van der Waals surface area contributed by atoms with Gasteiger partial charge >= 0.3 is 0 Å². The highest BCUT2D eigenvalue weighted by Crippen LogP contribution is 2.19. The minimum absolute atomic E-state index is 0.0736. The van der Waals surface area contributed by atoms with Gasteiger partial charge < -0.3 is 10.4 Å². The number of aliphatic hydroxyl groups excluding tert-OH is 1. The van der Waals surface area contributed by atoms with Crippen LogP contribution in [-0.4, -0.2) is 48.7 Å². The number of amides is 1. The molecule has 1 unspecified atom stereocenters. The number of rotatable bonds is 8. The second-order valence-corrected chi connectivity index (χ2v) is 5.58. The van der Waals surface area contributed by atoms with E-state index < -0.39 is 0 Å². The van der Waals surface area contributed by atoms with E-state index in [0.29, 0.717) is 13.0 Å². The number of hydrogen-bond donors (Lipinski definition) is 2. The zero-order chi connectivity index (χ0) is 14.1. The summed E-state index contributed by atoms with van der Waals surface area (Å²) in [4.78, 5) is 13.7. The van der Waals surface area contributed by atoms with Gasteiger partial charge in [0, 0.05) is 13.1 Å². The molecule has 4 heteroatoms. The largest absolute Gasteiger partial charge is 0.393 e. The van der Waals surface area contributed by atoms with Crippen LogP contribution in [0.3, 0.4) is 0 Å². The predicted molar refractivity (Wildman–Crippen MR) is 78.0 cm³/mol. The third kappa shape index (κ3) is 8.01. The van der Waals surface area contributed by atoms with Crippen molar-refractivity contribution in [3.63, 3.8) is 0 Å². The quantitative estimate of drug-likeness (QED) is 0.659. The molecule has 0 saturated carbocycles. The number of aliphatic hydroxyl groups is 1. The molecular formula is C15H28N2O2. The molecular weight excluding hydrogens is 240 g/mol. The molecule has 0 fully saturated rings. The van der Waals surface area contributed by atoms with Gasteiger partial charge in [-0.3, -0.25) is 9.69 Å². The lowest BCUT2D eigenvalue weighted by Crippen LogP contribution is -2.36. The highest BCUT2D eigenvalue weighted by atomic mass is 16.3. The second kappa shape index (κ2) is 9.10. The fourth-order valence-electron chi connectivity index (χ4n) is 2.28. The van der Waals surface area contributed by atoms with E-state index in [1.165, 1.54) is 31.3 Å². The van der Waals surface area contributed by atoms with Crippen molar-refractivity contribution >= 4 is 5.91 Å². The summed E-state index contributed by atoms with van der Waals surface area (Å²) >= 11 is 0. The van der Waals surface area contributed by atoms with Crippen LogP contribution in [0.15, 0.2) is 11.6 Å². The van der Waals surface area contributed by atoms with Gasteiger partial charge in [0.15, 0.2) is 0 Å². The van der Waals surface area contributed by atoms with E-state index >= 15 is 0 Å². The van der Waals surface area contributed by atoms with Crippen LogP contribution in [0.25, 0.3) is 0 Å². The van der Waals surface area contributed by atoms with Gasteiger partial charge in [0.2, 0.25) is 5.91 Å². The number of carbonyl (C=O) groups is 1. The molecule has 19 heavy (non-hydrogen) atoms. The topological polar surface area (TPSA) is 52.6 Å². The minimum atomic E-state index is -0.302. The third-order valence-electron chi connectivity index (χ3n) is 3.50. The van der Waals surface area contributed by atoms with E-state index in [2.05, 4.69) is 11.4 Å². The summed E-state index contributed by atoms with van der Waals surface area (Å²) in [6.45, 7) is 3.67. The lowest BCUT2D eigenvalue weighted by molar-refractivity contribution is -0.122. The molecule has 1 amide bonds. The summed E-state index contributed by atoms with van der Waals surface area (Å²) in [5, 5.41) is 12.2. The van der Waals surface area contributed by atoms with Crippen molar-refractivity contribution in [3.05, 3.63) is 11.6 Å². The first-order valence-corrected chi connectivity index (χ1v) is 7.39. The van der Waals surface area contributed by atoms with Gasteiger partial charge in [0.1, 0.15) is 0 Å². The third-order valence-corrected chi connectivity index (χ3v) is 3.50. The average Bonchev–Trinajstić information content (AvgIpc) is 2.37. The average molecular weight is 268 g/mol. The lowest BCUT2D eigenvalue weighted by Gasteiger charge is -2.17. The molecule has 0 heterocycles. The Balaban J connectivity index is 2.08. The van der Waals surface area contributed by atoms with Crippen LogP contribution in [0.1, 0.15) is 45.4 Å². The van der Waals surface area contributed by atoms with E-state index in [-0.39, 0.29) is 12.0 Å². The molecule has 0 saturated heterocycles. The smallest absolute Gasteiger partial charge is 0.234 e. The van der Waals surface area contributed by atoms with Crippen LogP contribution in [0.2, 0.25) is 0 Å². The van der Waals surface area contributed by atoms with E-state index in [4.69, 9.17) is 0 Å². The molecule has 0 radical (unpaired) electrons. The molecule has 0 aromatic heterocycles. The molecule has 1 rings (SSSR count). The van der Waals surface area contributed by atoms with Gasteiger partial charge in [0.25, 0.3) is 0 Å². The highest BCUT2D eigenvalue weighted by molar-refractivity contribution is 5.77. The molecule has 0 spiro atoms. The van der Waals surface area contributed by atoms with Gasteiger partial charge in [0.05, 0.1) is 12.6 Å². The number of nitrogens with zero attached hydrogens (tertiary/aromatic N) is 1. The van der Waals surface area contributed by atoms with Crippen molar-refractivity contribution in [2.75, 3.05) is 26.7 Å². The Bertz CT molecular complexity index is 301. The van der Waals surface area contributed by atoms with Gasteiger partial charge in [-0.25, -0.2) is 0 Å². The van der Waals surface area contributed by atoms with Crippen LogP contribution < -0.4 is 5.32 Å². The van der Waals surface area contributed by atoms with E-state index in [1.807, 2.05) is 11.9 Å². The van der Waals surface area contributed by atoms with Gasteiger partial charge in [-0.2, -0.15) is 0 Å². The van der Waals surface area contributed by atoms with Crippen molar-refractivity contribution in [1.29, 1.82) is 0 Å². The Morgan fingerprint density at radius 3 is 2.95 bits per heavy atom. The standard InChI is InChI=1S/C15H28N2O2/c1-13(18)9-11-17(2)12-15(19)16-10-8-14-6-4-3-5-7-14/h6,13,18H,3-5,7-12H2,1-2H3,(H,16,19). The maximum atomic E-state index is 11.7. The SMILES string of the molecule is CC(O)CCN(C)CC(=O)NCCC1=CCCCC1. The summed E-state index contributed by atoms with van der Waals surface area (Å²) < 4.78 is 0. The van der Waals surface area contributed by atoms with Crippen molar-refractivity contribution in [3.8, 4) is 0 Å². The van der Waals surface area contributed by atoms with Crippen molar-refractivity contribution < 1.29 is 9.90 Å². The lowest BCUT2D eigenvalue weighted by atomic mass is 9.97. The fraction of sp³-hybridized carbons (Fsp3) is 0.800. The molecule has 0 aromatic rings. The first kappa shape index (κ1) is 16.2. The van der Waals surface area contributed by atoms with Crippen LogP contribution in [-0.2, 0) is 4.79 Å². The van der Waals surface area contributed by atoms with Crippen LogP contribution in [0, 0.1) is 0 Å². The maximum absolute atomic E-state index is 11.7. The minimum Gasteiger partial charge on any atom is -0.393 e. The second-order valence-electron chi connectivity index (χ2n) is 5.58. The van der Waals surface area contributed by atoms with Crippen molar-refractivity contribution in [2.24, 2.45) is 0 Å². The first-order valence-electron chi connectivity index (χ1n) is 7.39. The van der Waals surface area contributed by atoms with Crippen molar-refractivity contribution in [1.82, 2.24) is 10.2 Å². The predicted octanol–water partition coefficient (Wildman–Crippen LogP) is 1.70. The van der Waals surface area contributed by atoms with Crippen LogP contribution >= 0.6 is 0 Å². The Labute approximate surface area is 116 Å². The summed E-state index contributed by atoms with van der Waals surface area (Å²) in [6, 6.07) is 0.